The highest BCUT2D eigenvalue weighted by atomic mass is 32.2. The molecule has 25 heavy (non-hydrogen) atoms. The minimum Gasteiger partial charge on any atom is -0.370 e. The third-order valence-electron chi connectivity index (χ3n) is 3.64. The zero-order valence-electron chi connectivity index (χ0n) is 14.1. The van der Waals surface area contributed by atoms with Gasteiger partial charge >= 0.3 is 0 Å². The van der Waals surface area contributed by atoms with Crippen molar-refractivity contribution in [3.63, 3.8) is 0 Å². The van der Waals surface area contributed by atoms with Crippen LogP contribution in [0.3, 0.4) is 0 Å². The van der Waals surface area contributed by atoms with Gasteiger partial charge in [-0.25, -0.2) is 4.98 Å². The highest BCUT2D eigenvalue weighted by Crippen LogP contribution is 2.21. The van der Waals surface area contributed by atoms with Crippen LogP contribution in [0.2, 0.25) is 0 Å². The van der Waals surface area contributed by atoms with Crippen molar-refractivity contribution in [3.05, 3.63) is 11.1 Å². The van der Waals surface area contributed by atoms with E-state index in [1.807, 2.05) is 11.6 Å². The second-order valence-electron chi connectivity index (χ2n) is 5.66. The Kier molecular flexibility index (Phi) is 8.34. The van der Waals surface area contributed by atoms with Gasteiger partial charge in [-0.2, -0.15) is 22.0 Å². The number of thiazole rings is 1. The third kappa shape index (κ3) is 7.62. The molecule has 1 heterocycles. The van der Waals surface area contributed by atoms with Crippen LogP contribution in [-0.2, 0) is 5.75 Å². The van der Waals surface area contributed by atoms with E-state index in [0.29, 0.717) is 23.7 Å². The van der Waals surface area contributed by atoms with E-state index in [-0.39, 0.29) is 5.96 Å². The van der Waals surface area contributed by atoms with Gasteiger partial charge in [-0.15, -0.1) is 11.3 Å². The maximum absolute atomic E-state index is 8.86. The third-order valence-corrected chi connectivity index (χ3v) is 5.39. The number of hydrogen-bond donors (Lipinski definition) is 4. The van der Waals surface area contributed by atoms with Crippen LogP contribution in [0.5, 0.6) is 0 Å². The molecule has 2 rings (SSSR count). The van der Waals surface area contributed by atoms with Crippen molar-refractivity contribution in [2.24, 2.45) is 21.5 Å². The summed E-state index contributed by atoms with van der Waals surface area (Å²) < 4.78 is 0. The minimum atomic E-state index is 0.0193. The number of nitrogens with one attached hydrogen (secondary N) is 2. The first-order valence-electron chi connectivity index (χ1n) is 8.25. The van der Waals surface area contributed by atoms with E-state index in [0.717, 1.165) is 30.0 Å². The molecule has 0 atom stereocenters. The first kappa shape index (κ1) is 19.3. The zero-order chi connectivity index (χ0) is 17.9. The number of aliphatic imine (C=N–C) groups is 2. The molecule has 10 heteroatoms. The molecular formula is C15H24N8S2. The number of rotatable bonds is 7. The highest BCUT2D eigenvalue weighted by Gasteiger charge is 2.14. The van der Waals surface area contributed by atoms with Crippen LogP contribution in [0.1, 0.15) is 37.8 Å². The van der Waals surface area contributed by atoms with Crippen LogP contribution in [0.25, 0.3) is 0 Å². The van der Waals surface area contributed by atoms with Gasteiger partial charge in [0.05, 0.1) is 12.2 Å². The predicted octanol–water partition coefficient (Wildman–Crippen LogP) is 1.63. The van der Waals surface area contributed by atoms with E-state index in [2.05, 4.69) is 25.6 Å². The Morgan fingerprint density at radius 1 is 1.40 bits per heavy atom. The Morgan fingerprint density at radius 3 is 2.92 bits per heavy atom. The van der Waals surface area contributed by atoms with Gasteiger partial charge in [-0.05, 0) is 12.8 Å². The molecule has 1 aromatic heterocycles. The zero-order valence-corrected chi connectivity index (χ0v) is 15.7. The summed E-state index contributed by atoms with van der Waals surface area (Å²) in [6.07, 6.45) is 8.01. The largest absolute Gasteiger partial charge is 0.370 e. The summed E-state index contributed by atoms with van der Waals surface area (Å²) in [7, 11) is 0. The Hall–Kier alpha value is -1.99. The van der Waals surface area contributed by atoms with Gasteiger partial charge in [0, 0.05) is 22.9 Å². The maximum atomic E-state index is 8.86. The molecule has 0 unspecified atom stereocenters. The predicted molar refractivity (Wildman–Crippen MR) is 105 cm³/mol. The molecule has 8 nitrogen and oxygen atoms in total. The van der Waals surface area contributed by atoms with Crippen LogP contribution in [0.15, 0.2) is 15.4 Å². The minimum absolute atomic E-state index is 0.0193. The number of thioether (sulfide) groups is 1. The molecule has 0 aliphatic heterocycles. The normalized spacial score (nSPS) is 15.4. The number of nitriles is 1. The van der Waals surface area contributed by atoms with Crippen LogP contribution in [0.4, 0.5) is 5.13 Å². The first-order chi connectivity index (χ1) is 12.2. The number of nitrogens with two attached hydrogens (primary N) is 2. The second kappa shape index (κ2) is 10.8. The molecule has 0 bridgehead atoms. The van der Waals surface area contributed by atoms with Gasteiger partial charge in [0.1, 0.15) is 0 Å². The Balaban J connectivity index is 1.71. The summed E-state index contributed by atoms with van der Waals surface area (Å²) in [6, 6.07) is 0.421. The van der Waals surface area contributed by atoms with Crippen molar-refractivity contribution in [2.75, 3.05) is 12.3 Å². The molecule has 1 saturated carbocycles. The van der Waals surface area contributed by atoms with Gasteiger partial charge < -0.3 is 16.8 Å². The van der Waals surface area contributed by atoms with Crippen molar-refractivity contribution in [3.8, 4) is 6.19 Å². The number of aromatic nitrogens is 1. The molecule has 6 N–H and O–H groups in total. The second-order valence-corrected chi connectivity index (χ2v) is 7.60. The van der Waals surface area contributed by atoms with E-state index in [1.54, 1.807) is 11.8 Å². The lowest BCUT2D eigenvalue weighted by molar-refractivity contribution is 0.411. The molecule has 1 aliphatic rings. The molecule has 1 fully saturated rings. The molecule has 1 aliphatic carbocycles. The standard InChI is InChI=1S/C15H24N8S2/c16-10-20-14(21-11-4-2-1-3-5-11)19-6-7-24-8-12-9-25-15(22-12)23-13(17)18/h9,11H,1-8H2,(H2,19,20,21)(H4,17,18,22,23). The maximum Gasteiger partial charge on any atom is 0.212 e. The van der Waals surface area contributed by atoms with Crippen LogP contribution >= 0.6 is 23.1 Å². The lowest BCUT2D eigenvalue weighted by Gasteiger charge is -2.23. The Bertz CT molecular complexity index is 624. The van der Waals surface area contributed by atoms with Gasteiger partial charge in [0.15, 0.2) is 12.2 Å². The molecule has 0 aromatic carbocycles. The monoisotopic (exact) mass is 380 g/mol. The lowest BCUT2D eigenvalue weighted by atomic mass is 9.96. The summed E-state index contributed by atoms with van der Waals surface area (Å²) in [4.78, 5) is 12.7. The fraction of sp³-hybridized carbons (Fsp3) is 0.600. The smallest absolute Gasteiger partial charge is 0.212 e. The summed E-state index contributed by atoms with van der Waals surface area (Å²) in [5, 5.41) is 17.4. The summed E-state index contributed by atoms with van der Waals surface area (Å²) in [6.45, 7) is 0.638. The number of guanidine groups is 2. The fourth-order valence-corrected chi connectivity index (χ4v) is 4.07. The molecule has 0 spiro atoms. The topological polar surface area (TPSA) is 138 Å². The van der Waals surface area contributed by atoms with Gasteiger partial charge in [-0.1, -0.05) is 19.3 Å². The average molecular weight is 381 g/mol. The van der Waals surface area contributed by atoms with E-state index in [1.165, 1.54) is 30.6 Å². The van der Waals surface area contributed by atoms with Gasteiger partial charge in [0.2, 0.25) is 11.1 Å². The van der Waals surface area contributed by atoms with Crippen LogP contribution in [-0.4, -0.2) is 35.2 Å². The Labute approximate surface area is 156 Å². The van der Waals surface area contributed by atoms with Gasteiger partial charge in [-0.3, -0.25) is 10.3 Å². The van der Waals surface area contributed by atoms with Gasteiger partial charge in [0.25, 0.3) is 0 Å². The Morgan fingerprint density at radius 2 is 2.20 bits per heavy atom. The van der Waals surface area contributed by atoms with E-state index in [4.69, 9.17) is 16.7 Å². The average Bonchev–Trinajstić information content (AvgIpc) is 3.02. The van der Waals surface area contributed by atoms with E-state index >= 15 is 0 Å². The summed E-state index contributed by atoms with van der Waals surface area (Å²) in [5.41, 5.74) is 11.6. The van der Waals surface area contributed by atoms with E-state index in [9.17, 15) is 0 Å². The van der Waals surface area contributed by atoms with Crippen molar-refractivity contribution < 1.29 is 0 Å². The van der Waals surface area contributed by atoms with Crippen molar-refractivity contribution in [1.82, 2.24) is 15.6 Å². The SMILES string of the molecule is N#CNC(=NCCSCc1csc(N=C(N)N)n1)NC1CCCCC1. The van der Waals surface area contributed by atoms with Crippen molar-refractivity contribution in [1.29, 1.82) is 5.26 Å². The lowest BCUT2D eigenvalue weighted by Crippen LogP contribution is -2.42. The molecule has 1 aromatic rings. The highest BCUT2D eigenvalue weighted by molar-refractivity contribution is 7.98. The summed E-state index contributed by atoms with van der Waals surface area (Å²) >= 11 is 3.15. The number of nitrogens with zero attached hydrogens (tertiary/aromatic N) is 4. The fourth-order valence-electron chi connectivity index (χ4n) is 2.54. The van der Waals surface area contributed by atoms with Crippen LogP contribution in [0, 0.1) is 11.5 Å². The molecule has 0 amide bonds. The van der Waals surface area contributed by atoms with Crippen LogP contribution < -0.4 is 22.1 Å². The molecular weight excluding hydrogens is 356 g/mol. The summed E-state index contributed by atoms with van der Waals surface area (Å²) in [5.74, 6) is 2.23. The molecule has 136 valence electrons. The van der Waals surface area contributed by atoms with Crippen molar-refractivity contribution >= 4 is 40.1 Å². The first-order valence-corrected chi connectivity index (χ1v) is 10.3. The quantitative estimate of drug-likeness (QED) is 0.185. The number of hydrogen-bond acceptors (Lipinski definition) is 6. The molecule has 0 radical (unpaired) electrons. The van der Waals surface area contributed by atoms with E-state index < -0.39 is 0 Å². The molecule has 0 saturated heterocycles. The van der Waals surface area contributed by atoms with Crippen molar-refractivity contribution in [2.45, 2.75) is 43.9 Å².